The molecule has 4 aromatic rings. The van der Waals surface area contributed by atoms with Crippen LogP contribution in [-0.4, -0.2) is 11.0 Å². The van der Waals surface area contributed by atoms with Crippen LogP contribution in [0, 0.1) is 19.8 Å². The fourth-order valence-electron chi connectivity index (χ4n) is 7.13. The van der Waals surface area contributed by atoms with Gasteiger partial charge >= 0.3 is 7.82 Å². The van der Waals surface area contributed by atoms with E-state index >= 15 is 0 Å². The largest absolute Gasteiger partial charge is 0.527 e. The summed E-state index contributed by atoms with van der Waals surface area (Å²) in [7, 11) is -4.44. The lowest BCUT2D eigenvalue weighted by Gasteiger charge is -2.40. The molecule has 2 aliphatic carbocycles. The van der Waals surface area contributed by atoms with Gasteiger partial charge < -0.3 is 4.52 Å². The number of phosphoric acid groups is 1. The van der Waals surface area contributed by atoms with Crippen molar-refractivity contribution < 1.29 is 18.5 Å². The SMILES string of the molecule is Cc1ccc(-c2cc3c(c4c2OP(=O)(O)OC2C(c5ccc(C)cc5)Cc5ccccc5[C@H]42)CC(C)CC3)cc1. The number of phosphoric ester groups is 1. The van der Waals surface area contributed by atoms with Crippen molar-refractivity contribution in [3.05, 3.63) is 123 Å². The molecule has 40 heavy (non-hydrogen) atoms. The smallest absolute Gasteiger partial charge is 0.403 e. The first kappa shape index (κ1) is 25.8. The first-order chi connectivity index (χ1) is 19.3. The highest BCUT2D eigenvalue weighted by Gasteiger charge is 2.49. The second-order valence-corrected chi connectivity index (χ2v) is 13.4. The maximum absolute atomic E-state index is 13.8. The summed E-state index contributed by atoms with van der Waals surface area (Å²) in [6.45, 7) is 6.45. The summed E-state index contributed by atoms with van der Waals surface area (Å²) in [6.07, 6.45) is 3.24. The molecule has 5 heteroatoms. The van der Waals surface area contributed by atoms with Crippen LogP contribution in [0.2, 0.25) is 0 Å². The molecule has 4 nitrogen and oxygen atoms in total. The van der Waals surface area contributed by atoms with Gasteiger partial charge in [0, 0.05) is 23.0 Å². The third-order valence-corrected chi connectivity index (χ3v) is 10.1. The van der Waals surface area contributed by atoms with E-state index in [1.165, 1.54) is 33.4 Å². The van der Waals surface area contributed by atoms with E-state index in [0.29, 0.717) is 11.7 Å². The summed E-state index contributed by atoms with van der Waals surface area (Å²) in [4.78, 5) is 11.3. The van der Waals surface area contributed by atoms with Crippen LogP contribution in [0.3, 0.4) is 0 Å². The topological polar surface area (TPSA) is 55.8 Å². The van der Waals surface area contributed by atoms with Gasteiger partial charge in [0.25, 0.3) is 0 Å². The summed E-state index contributed by atoms with van der Waals surface area (Å²) in [6, 6.07) is 27.6. The standard InChI is InChI=1S/C35H35O4P/c1-21-8-13-24(14-9-21)30-19-26-6-4-5-7-28(26)32-33-29-18-23(3)12-17-27(29)20-31(25-15-10-22(2)11-16-25)35(33)39-40(36,37)38-34(30)32/h4-11,13-16,20,23,30,32,34H,12,17-19H2,1-3H3,(H,36,37)/t23?,30?,32-,34?/m1/s1. The molecule has 204 valence electrons. The highest BCUT2D eigenvalue weighted by atomic mass is 31.2. The van der Waals surface area contributed by atoms with Crippen molar-refractivity contribution in [2.45, 2.75) is 64.4 Å². The highest BCUT2D eigenvalue weighted by Crippen LogP contribution is 2.61. The first-order valence-corrected chi connectivity index (χ1v) is 15.9. The molecule has 0 radical (unpaired) electrons. The molecule has 0 spiro atoms. The zero-order valence-electron chi connectivity index (χ0n) is 23.3. The van der Waals surface area contributed by atoms with Crippen molar-refractivity contribution >= 4 is 7.82 Å². The molecule has 5 atom stereocenters. The Morgan fingerprint density at radius 3 is 2.33 bits per heavy atom. The summed E-state index contributed by atoms with van der Waals surface area (Å²) in [5, 5.41) is 0. The van der Waals surface area contributed by atoms with Crippen LogP contribution in [0.15, 0.2) is 78.9 Å². The lowest BCUT2D eigenvalue weighted by atomic mass is 9.66. The van der Waals surface area contributed by atoms with Gasteiger partial charge in [0.2, 0.25) is 0 Å². The summed E-state index contributed by atoms with van der Waals surface area (Å²) >= 11 is 0. The molecule has 0 bridgehead atoms. The van der Waals surface area contributed by atoms with Gasteiger partial charge in [0.1, 0.15) is 5.75 Å². The van der Waals surface area contributed by atoms with Crippen LogP contribution in [0.1, 0.15) is 69.7 Å². The Balaban J connectivity index is 1.54. The molecule has 0 fully saturated rings. The van der Waals surface area contributed by atoms with Gasteiger partial charge in [-0.05, 0) is 84.9 Å². The Hall–Kier alpha value is -3.17. The van der Waals surface area contributed by atoms with Crippen molar-refractivity contribution in [3.8, 4) is 16.9 Å². The normalized spacial score (nSPS) is 26.9. The van der Waals surface area contributed by atoms with Crippen molar-refractivity contribution in [1.82, 2.24) is 0 Å². The minimum Gasteiger partial charge on any atom is -0.403 e. The van der Waals surface area contributed by atoms with E-state index in [4.69, 9.17) is 9.05 Å². The van der Waals surface area contributed by atoms with Gasteiger partial charge in [-0.15, -0.1) is 0 Å². The number of rotatable bonds is 2. The molecule has 1 aliphatic heterocycles. The summed E-state index contributed by atoms with van der Waals surface area (Å²) < 4.78 is 26.2. The average Bonchev–Trinajstić information content (AvgIpc) is 3.06. The minimum absolute atomic E-state index is 0.0878. The zero-order chi connectivity index (χ0) is 27.6. The van der Waals surface area contributed by atoms with Gasteiger partial charge in [-0.3, -0.25) is 9.42 Å². The van der Waals surface area contributed by atoms with Crippen LogP contribution in [0.4, 0.5) is 0 Å². The molecule has 0 saturated heterocycles. The molecular formula is C35H35O4P. The van der Waals surface area contributed by atoms with E-state index in [0.717, 1.165) is 47.9 Å². The summed E-state index contributed by atoms with van der Waals surface area (Å²) in [5.41, 5.74) is 11.4. The molecule has 1 N–H and O–H groups in total. The first-order valence-electron chi connectivity index (χ1n) is 14.4. The fraction of sp³-hybridized carbons (Fsp3) is 0.314. The molecule has 0 saturated carbocycles. The minimum atomic E-state index is -4.44. The Morgan fingerprint density at radius 2 is 1.57 bits per heavy atom. The van der Waals surface area contributed by atoms with Gasteiger partial charge in [-0.1, -0.05) is 90.8 Å². The van der Waals surface area contributed by atoms with Crippen LogP contribution in [0.25, 0.3) is 11.1 Å². The van der Waals surface area contributed by atoms with Gasteiger partial charge in [-0.2, -0.15) is 0 Å². The third kappa shape index (κ3) is 4.43. The lowest BCUT2D eigenvalue weighted by molar-refractivity contribution is 0.107. The molecule has 0 amide bonds. The van der Waals surface area contributed by atoms with Crippen LogP contribution < -0.4 is 4.52 Å². The van der Waals surface area contributed by atoms with E-state index in [1.807, 2.05) is 0 Å². The predicted octanol–water partition coefficient (Wildman–Crippen LogP) is 8.45. The number of aryl methyl sites for hydroxylation is 3. The lowest BCUT2D eigenvalue weighted by Crippen LogP contribution is -2.35. The summed E-state index contributed by atoms with van der Waals surface area (Å²) in [5.74, 6) is 0.723. The van der Waals surface area contributed by atoms with Crippen molar-refractivity contribution in [3.63, 3.8) is 0 Å². The number of fused-ring (bicyclic) bond motifs is 7. The van der Waals surface area contributed by atoms with Gasteiger partial charge in [0.15, 0.2) is 0 Å². The Morgan fingerprint density at radius 1 is 0.875 bits per heavy atom. The van der Waals surface area contributed by atoms with Gasteiger partial charge in [0.05, 0.1) is 6.10 Å². The molecule has 4 aromatic carbocycles. The maximum atomic E-state index is 13.8. The number of hydrogen-bond acceptors (Lipinski definition) is 3. The molecule has 0 aromatic heterocycles. The quantitative estimate of drug-likeness (QED) is 0.255. The van der Waals surface area contributed by atoms with E-state index in [9.17, 15) is 9.46 Å². The maximum Gasteiger partial charge on any atom is 0.527 e. The third-order valence-electron chi connectivity index (χ3n) is 9.18. The van der Waals surface area contributed by atoms with Crippen LogP contribution in [0.5, 0.6) is 5.75 Å². The monoisotopic (exact) mass is 550 g/mol. The predicted molar refractivity (Wildman–Crippen MR) is 159 cm³/mol. The second-order valence-electron chi connectivity index (χ2n) is 12.0. The van der Waals surface area contributed by atoms with Crippen LogP contribution >= 0.6 is 7.82 Å². The molecule has 1 heterocycles. The van der Waals surface area contributed by atoms with Crippen LogP contribution in [-0.2, 0) is 28.4 Å². The van der Waals surface area contributed by atoms with E-state index in [-0.39, 0.29) is 11.8 Å². The van der Waals surface area contributed by atoms with E-state index < -0.39 is 13.9 Å². The highest BCUT2D eigenvalue weighted by molar-refractivity contribution is 7.47. The second kappa shape index (κ2) is 9.73. The van der Waals surface area contributed by atoms with Crippen molar-refractivity contribution in [1.29, 1.82) is 0 Å². The molecule has 3 aliphatic rings. The molecular weight excluding hydrogens is 515 g/mol. The van der Waals surface area contributed by atoms with Crippen molar-refractivity contribution in [2.75, 3.05) is 0 Å². The Kier molecular flexibility index (Phi) is 6.27. The fourth-order valence-corrected chi connectivity index (χ4v) is 8.17. The van der Waals surface area contributed by atoms with E-state index in [2.05, 4.69) is 99.6 Å². The van der Waals surface area contributed by atoms with E-state index in [1.54, 1.807) is 0 Å². The van der Waals surface area contributed by atoms with Crippen molar-refractivity contribution in [2.24, 2.45) is 5.92 Å². The molecule has 4 unspecified atom stereocenters. The average molecular weight is 551 g/mol. The molecule has 7 rings (SSSR count). The zero-order valence-corrected chi connectivity index (χ0v) is 24.2. The number of benzene rings is 4. The van der Waals surface area contributed by atoms with Gasteiger partial charge in [-0.25, -0.2) is 4.57 Å². The number of hydrogen-bond donors (Lipinski definition) is 1. The Bertz CT molecular complexity index is 1640. The Labute approximate surface area is 236 Å².